The van der Waals surface area contributed by atoms with Crippen LogP contribution in [0.15, 0.2) is 24.4 Å². The first-order valence-electron chi connectivity index (χ1n) is 7.00. The molecule has 0 atom stereocenters. The summed E-state index contributed by atoms with van der Waals surface area (Å²) >= 11 is 1.63. The average molecular weight is 291 g/mol. The van der Waals surface area contributed by atoms with E-state index in [2.05, 4.69) is 45.3 Å². The van der Waals surface area contributed by atoms with Crippen LogP contribution in [0.25, 0.3) is 0 Å². The second-order valence-electron chi connectivity index (χ2n) is 4.55. The highest BCUT2D eigenvalue weighted by Gasteiger charge is 2.10. The first-order valence-corrected chi connectivity index (χ1v) is 7.82. The molecule has 5 nitrogen and oxygen atoms in total. The van der Waals surface area contributed by atoms with Crippen molar-refractivity contribution in [2.75, 3.05) is 18.4 Å². The molecule has 0 spiro atoms. The molecule has 0 saturated heterocycles. The molecular weight excluding hydrogens is 270 g/mol. The highest BCUT2D eigenvalue weighted by atomic mass is 32.1. The fourth-order valence-electron chi connectivity index (χ4n) is 1.81. The van der Waals surface area contributed by atoms with E-state index in [9.17, 15) is 0 Å². The lowest BCUT2D eigenvalue weighted by Gasteiger charge is -2.17. The van der Waals surface area contributed by atoms with Crippen molar-refractivity contribution in [2.24, 2.45) is 0 Å². The van der Waals surface area contributed by atoms with E-state index in [0.29, 0.717) is 0 Å². The van der Waals surface area contributed by atoms with Gasteiger partial charge in [-0.25, -0.2) is 0 Å². The van der Waals surface area contributed by atoms with E-state index in [-0.39, 0.29) is 0 Å². The van der Waals surface area contributed by atoms with Crippen LogP contribution in [0.5, 0.6) is 0 Å². The largest absolute Gasteiger partial charge is 0.360 e. The van der Waals surface area contributed by atoms with Gasteiger partial charge in [-0.15, -0.1) is 10.2 Å². The van der Waals surface area contributed by atoms with Gasteiger partial charge in [0.05, 0.1) is 12.2 Å². The maximum absolute atomic E-state index is 4.37. The Morgan fingerprint density at radius 2 is 2.10 bits per heavy atom. The Labute approximate surface area is 124 Å². The minimum absolute atomic E-state index is 0.818. The molecule has 0 aliphatic heterocycles. The third kappa shape index (κ3) is 4.54. The van der Waals surface area contributed by atoms with Crippen LogP contribution in [0.4, 0.5) is 5.13 Å². The van der Waals surface area contributed by atoms with Crippen LogP contribution >= 0.6 is 11.3 Å². The summed E-state index contributed by atoms with van der Waals surface area (Å²) in [5.41, 5.74) is 1.09. The van der Waals surface area contributed by atoms with Crippen LogP contribution in [0.3, 0.4) is 0 Å². The van der Waals surface area contributed by atoms with Gasteiger partial charge < -0.3 is 5.32 Å². The van der Waals surface area contributed by atoms with E-state index < -0.39 is 0 Å². The summed E-state index contributed by atoms with van der Waals surface area (Å²) in [7, 11) is 0. The van der Waals surface area contributed by atoms with E-state index in [1.54, 1.807) is 11.3 Å². The summed E-state index contributed by atoms with van der Waals surface area (Å²) < 4.78 is 0. The first-order chi connectivity index (χ1) is 9.81. The minimum Gasteiger partial charge on any atom is -0.360 e. The van der Waals surface area contributed by atoms with Crippen molar-refractivity contribution in [3.63, 3.8) is 0 Å². The van der Waals surface area contributed by atoms with E-state index in [1.807, 2.05) is 18.3 Å². The van der Waals surface area contributed by atoms with Gasteiger partial charge in [0.1, 0.15) is 5.01 Å². The lowest BCUT2D eigenvalue weighted by Crippen LogP contribution is -2.22. The zero-order valence-corrected chi connectivity index (χ0v) is 12.9. The lowest BCUT2D eigenvalue weighted by atomic mass is 10.3. The fraction of sp³-hybridized carbons (Fsp3) is 0.500. The number of rotatable bonds is 8. The Bertz CT molecular complexity index is 499. The maximum Gasteiger partial charge on any atom is 0.205 e. The molecule has 108 valence electrons. The summed E-state index contributed by atoms with van der Waals surface area (Å²) in [5, 5.41) is 13.6. The standard InChI is InChI=1S/C14H21N5S/c1-3-8-16-14-18-17-13(20-14)11-19(4-2)10-12-7-5-6-9-15-12/h5-7,9H,3-4,8,10-11H2,1-2H3,(H,16,18). The maximum atomic E-state index is 4.37. The molecule has 0 fully saturated rings. The summed E-state index contributed by atoms with van der Waals surface area (Å²) in [6, 6.07) is 6.01. The molecule has 0 aliphatic rings. The smallest absolute Gasteiger partial charge is 0.205 e. The van der Waals surface area contributed by atoms with Gasteiger partial charge >= 0.3 is 0 Å². The van der Waals surface area contributed by atoms with Crippen molar-refractivity contribution in [1.82, 2.24) is 20.1 Å². The molecule has 2 heterocycles. The second-order valence-corrected chi connectivity index (χ2v) is 5.61. The molecule has 0 radical (unpaired) electrons. The normalized spacial score (nSPS) is 10.9. The molecule has 2 aromatic heterocycles. The Balaban J connectivity index is 1.91. The van der Waals surface area contributed by atoms with Crippen molar-refractivity contribution >= 4 is 16.5 Å². The predicted octanol–water partition coefficient (Wildman–Crippen LogP) is 2.78. The number of hydrogen-bond acceptors (Lipinski definition) is 6. The van der Waals surface area contributed by atoms with Gasteiger partial charge in [0.25, 0.3) is 0 Å². The molecular formula is C14H21N5S. The quantitative estimate of drug-likeness (QED) is 0.810. The molecule has 0 unspecified atom stereocenters. The Morgan fingerprint density at radius 1 is 1.20 bits per heavy atom. The fourth-order valence-corrected chi connectivity index (χ4v) is 2.62. The lowest BCUT2D eigenvalue weighted by molar-refractivity contribution is 0.267. The second kappa shape index (κ2) is 7.91. The van der Waals surface area contributed by atoms with Crippen molar-refractivity contribution in [2.45, 2.75) is 33.4 Å². The number of hydrogen-bond donors (Lipinski definition) is 1. The highest BCUT2D eigenvalue weighted by Crippen LogP contribution is 2.17. The minimum atomic E-state index is 0.818. The SMILES string of the molecule is CCCNc1nnc(CN(CC)Cc2ccccn2)s1. The van der Waals surface area contributed by atoms with Gasteiger partial charge in [0.2, 0.25) is 5.13 Å². The van der Waals surface area contributed by atoms with Crippen LogP contribution in [-0.4, -0.2) is 33.2 Å². The summed E-state index contributed by atoms with van der Waals surface area (Å²) in [6.45, 7) is 7.86. The molecule has 2 aromatic rings. The topological polar surface area (TPSA) is 53.9 Å². The molecule has 6 heteroatoms. The van der Waals surface area contributed by atoms with Gasteiger partial charge in [-0.3, -0.25) is 9.88 Å². The number of nitrogens with zero attached hydrogens (tertiary/aromatic N) is 4. The van der Waals surface area contributed by atoms with Crippen LogP contribution in [0, 0.1) is 0 Å². The monoisotopic (exact) mass is 291 g/mol. The molecule has 1 N–H and O–H groups in total. The van der Waals surface area contributed by atoms with Gasteiger partial charge in [0.15, 0.2) is 0 Å². The van der Waals surface area contributed by atoms with Crippen molar-refractivity contribution in [1.29, 1.82) is 0 Å². The van der Waals surface area contributed by atoms with E-state index in [4.69, 9.17) is 0 Å². The molecule has 20 heavy (non-hydrogen) atoms. The Morgan fingerprint density at radius 3 is 2.80 bits per heavy atom. The Hall–Kier alpha value is -1.53. The number of pyridine rings is 1. The summed E-state index contributed by atoms with van der Waals surface area (Å²) in [5.74, 6) is 0. The third-order valence-corrected chi connectivity index (χ3v) is 3.78. The number of anilines is 1. The number of nitrogens with one attached hydrogen (secondary N) is 1. The van der Waals surface area contributed by atoms with Crippen LogP contribution in [0.1, 0.15) is 31.0 Å². The van der Waals surface area contributed by atoms with Crippen LogP contribution in [0.2, 0.25) is 0 Å². The number of aromatic nitrogens is 3. The van der Waals surface area contributed by atoms with Crippen molar-refractivity contribution in [3.8, 4) is 0 Å². The molecule has 0 aromatic carbocycles. The van der Waals surface area contributed by atoms with Gasteiger partial charge in [0, 0.05) is 19.3 Å². The Kier molecular flexibility index (Phi) is 5.88. The summed E-state index contributed by atoms with van der Waals surface area (Å²) in [4.78, 5) is 6.68. The molecule has 0 aliphatic carbocycles. The predicted molar refractivity (Wildman–Crippen MR) is 82.7 cm³/mol. The van der Waals surface area contributed by atoms with Crippen LogP contribution in [-0.2, 0) is 13.1 Å². The molecule has 0 amide bonds. The van der Waals surface area contributed by atoms with Crippen molar-refractivity contribution in [3.05, 3.63) is 35.1 Å². The van der Waals surface area contributed by atoms with E-state index >= 15 is 0 Å². The summed E-state index contributed by atoms with van der Waals surface area (Å²) in [6.07, 6.45) is 2.93. The van der Waals surface area contributed by atoms with Crippen molar-refractivity contribution < 1.29 is 0 Å². The molecule has 2 rings (SSSR count). The molecule has 0 bridgehead atoms. The highest BCUT2D eigenvalue weighted by molar-refractivity contribution is 7.15. The van der Waals surface area contributed by atoms with Gasteiger partial charge in [-0.05, 0) is 25.1 Å². The van der Waals surface area contributed by atoms with Crippen LogP contribution < -0.4 is 5.32 Å². The molecule has 0 saturated carbocycles. The van der Waals surface area contributed by atoms with Gasteiger partial charge in [-0.2, -0.15) is 0 Å². The van der Waals surface area contributed by atoms with Gasteiger partial charge in [-0.1, -0.05) is 31.3 Å². The zero-order chi connectivity index (χ0) is 14.2. The first kappa shape index (κ1) is 14.9. The zero-order valence-electron chi connectivity index (χ0n) is 12.0. The van der Waals surface area contributed by atoms with E-state index in [1.165, 1.54) is 0 Å². The van der Waals surface area contributed by atoms with E-state index in [0.717, 1.165) is 48.4 Å². The average Bonchev–Trinajstić information content (AvgIpc) is 2.93. The third-order valence-electron chi connectivity index (χ3n) is 2.91.